The fourth-order valence-electron chi connectivity index (χ4n) is 3.52. The van der Waals surface area contributed by atoms with Gasteiger partial charge in [0.05, 0.1) is 20.4 Å². The van der Waals surface area contributed by atoms with Crippen LogP contribution in [0.15, 0.2) is 24.4 Å². The first-order chi connectivity index (χ1) is 12.4. The van der Waals surface area contributed by atoms with E-state index in [1.807, 2.05) is 18.2 Å². The van der Waals surface area contributed by atoms with E-state index in [0.29, 0.717) is 23.8 Å². The van der Waals surface area contributed by atoms with Gasteiger partial charge in [-0.05, 0) is 48.8 Å². The van der Waals surface area contributed by atoms with Crippen LogP contribution >= 0.6 is 7.60 Å². The number of hydrogen-bond donors (Lipinski definition) is 2. The summed E-state index contributed by atoms with van der Waals surface area (Å²) >= 11 is 0. The van der Waals surface area contributed by atoms with Gasteiger partial charge in [-0.3, -0.25) is 4.57 Å². The van der Waals surface area contributed by atoms with E-state index in [0.717, 1.165) is 42.5 Å². The summed E-state index contributed by atoms with van der Waals surface area (Å²) in [5.74, 6) is 2.62. The summed E-state index contributed by atoms with van der Waals surface area (Å²) in [6, 6.07) is 5.86. The third-order valence-electron chi connectivity index (χ3n) is 4.99. The summed E-state index contributed by atoms with van der Waals surface area (Å²) in [7, 11) is -0.670. The Bertz CT molecular complexity index is 815. The molecule has 8 heteroatoms. The first kappa shape index (κ1) is 19.0. The SMILES string of the molecule is COc1cc2ccnc(N3CCC(CCP(=O)(O)O)CC3)c2cc1OC. The lowest BCUT2D eigenvalue weighted by Gasteiger charge is -2.33. The highest BCUT2D eigenvalue weighted by Gasteiger charge is 2.24. The van der Waals surface area contributed by atoms with Crippen LogP contribution in [0, 0.1) is 5.92 Å². The molecule has 0 amide bonds. The number of aromatic nitrogens is 1. The molecule has 1 fully saturated rings. The summed E-state index contributed by atoms with van der Waals surface area (Å²) in [6.45, 7) is 1.65. The molecular weight excluding hydrogens is 355 g/mol. The van der Waals surface area contributed by atoms with E-state index in [1.165, 1.54) is 0 Å². The van der Waals surface area contributed by atoms with E-state index in [2.05, 4.69) is 9.88 Å². The summed E-state index contributed by atoms with van der Waals surface area (Å²) in [5.41, 5.74) is 0. The van der Waals surface area contributed by atoms with Crippen LogP contribution in [-0.2, 0) is 4.57 Å². The van der Waals surface area contributed by atoms with E-state index in [-0.39, 0.29) is 6.16 Å². The van der Waals surface area contributed by atoms with Crippen molar-refractivity contribution in [3.05, 3.63) is 24.4 Å². The Balaban J connectivity index is 1.78. The average Bonchev–Trinajstić information content (AvgIpc) is 2.64. The van der Waals surface area contributed by atoms with Crippen molar-refractivity contribution in [2.45, 2.75) is 19.3 Å². The van der Waals surface area contributed by atoms with Crippen LogP contribution in [0.1, 0.15) is 19.3 Å². The first-order valence-corrected chi connectivity index (χ1v) is 10.5. The van der Waals surface area contributed by atoms with Gasteiger partial charge in [-0.25, -0.2) is 4.98 Å². The number of fused-ring (bicyclic) bond motifs is 1. The normalized spacial score (nSPS) is 16.1. The maximum atomic E-state index is 11.1. The Morgan fingerprint density at radius 1 is 1.19 bits per heavy atom. The Morgan fingerprint density at radius 2 is 1.85 bits per heavy atom. The number of nitrogens with zero attached hydrogens (tertiary/aromatic N) is 2. The molecular formula is C18H25N2O5P. The van der Waals surface area contributed by atoms with Crippen LogP contribution in [0.3, 0.4) is 0 Å². The average molecular weight is 380 g/mol. The molecule has 1 saturated heterocycles. The minimum atomic E-state index is -3.91. The molecule has 1 aliphatic heterocycles. The third-order valence-corrected chi connectivity index (χ3v) is 5.83. The zero-order valence-electron chi connectivity index (χ0n) is 15.1. The van der Waals surface area contributed by atoms with Crippen molar-refractivity contribution < 1.29 is 23.8 Å². The topological polar surface area (TPSA) is 92.1 Å². The van der Waals surface area contributed by atoms with Gasteiger partial charge in [0, 0.05) is 24.7 Å². The molecule has 0 spiro atoms. The predicted octanol–water partition coefficient (Wildman–Crippen LogP) is 3.04. The molecule has 2 aromatic rings. The monoisotopic (exact) mass is 380 g/mol. The molecule has 0 unspecified atom stereocenters. The van der Waals surface area contributed by atoms with Gasteiger partial charge in [0.1, 0.15) is 5.82 Å². The lowest BCUT2D eigenvalue weighted by Crippen LogP contribution is -2.34. The molecule has 1 aliphatic rings. The van der Waals surface area contributed by atoms with E-state index >= 15 is 0 Å². The maximum Gasteiger partial charge on any atom is 0.325 e. The molecule has 0 saturated carbocycles. The smallest absolute Gasteiger partial charge is 0.325 e. The molecule has 0 atom stereocenters. The van der Waals surface area contributed by atoms with Gasteiger partial charge >= 0.3 is 7.60 Å². The van der Waals surface area contributed by atoms with E-state index < -0.39 is 7.60 Å². The zero-order chi connectivity index (χ0) is 18.7. The van der Waals surface area contributed by atoms with Crippen molar-refractivity contribution in [1.29, 1.82) is 0 Å². The summed E-state index contributed by atoms with van der Waals surface area (Å²) in [6.07, 6.45) is 4.16. The number of piperidine rings is 1. The molecule has 2 N–H and O–H groups in total. The summed E-state index contributed by atoms with van der Waals surface area (Å²) in [4.78, 5) is 24.9. The zero-order valence-corrected chi connectivity index (χ0v) is 16.0. The van der Waals surface area contributed by atoms with E-state index in [9.17, 15) is 4.57 Å². The van der Waals surface area contributed by atoms with Crippen molar-refractivity contribution in [1.82, 2.24) is 4.98 Å². The number of ether oxygens (including phenoxy) is 2. The fraction of sp³-hybridized carbons (Fsp3) is 0.500. The van der Waals surface area contributed by atoms with Gasteiger partial charge in [-0.1, -0.05) is 0 Å². The Labute approximate surface area is 153 Å². The van der Waals surface area contributed by atoms with Crippen LogP contribution in [-0.4, -0.2) is 48.2 Å². The molecule has 2 heterocycles. The van der Waals surface area contributed by atoms with Gasteiger partial charge in [0.2, 0.25) is 0 Å². The minimum Gasteiger partial charge on any atom is -0.493 e. The van der Waals surface area contributed by atoms with Crippen molar-refractivity contribution >= 4 is 24.2 Å². The Morgan fingerprint density at radius 3 is 2.46 bits per heavy atom. The maximum absolute atomic E-state index is 11.1. The lowest BCUT2D eigenvalue weighted by molar-refractivity contribution is 0.350. The molecule has 1 aromatic heterocycles. The number of methoxy groups -OCH3 is 2. The lowest BCUT2D eigenvalue weighted by atomic mass is 9.94. The van der Waals surface area contributed by atoms with Crippen molar-refractivity contribution in [2.24, 2.45) is 5.92 Å². The molecule has 0 bridgehead atoms. The quantitative estimate of drug-likeness (QED) is 0.744. The van der Waals surface area contributed by atoms with E-state index in [1.54, 1.807) is 20.4 Å². The van der Waals surface area contributed by atoms with Gasteiger partial charge < -0.3 is 24.2 Å². The van der Waals surface area contributed by atoms with Gasteiger partial charge in [-0.2, -0.15) is 0 Å². The Kier molecular flexibility index (Phi) is 5.70. The number of hydrogen-bond acceptors (Lipinski definition) is 5. The van der Waals surface area contributed by atoms with Gasteiger partial charge in [0.25, 0.3) is 0 Å². The number of pyridine rings is 1. The molecule has 26 heavy (non-hydrogen) atoms. The number of benzene rings is 1. The highest BCUT2D eigenvalue weighted by atomic mass is 31.2. The highest BCUT2D eigenvalue weighted by Crippen LogP contribution is 2.39. The summed E-state index contributed by atoms with van der Waals surface area (Å²) < 4.78 is 21.9. The summed E-state index contributed by atoms with van der Waals surface area (Å²) in [5, 5.41) is 2.05. The minimum absolute atomic E-state index is 0.0266. The van der Waals surface area contributed by atoms with Gasteiger partial charge in [-0.15, -0.1) is 0 Å². The molecule has 142 valence electrons. The van der Waals surface area contributed by atoms with Crippen LogP contribution < -0.4 is 14.4 Å². The van der Waals surface area contributed by atoms with Crippen molar-refractivity contribution in [2.75, 3.05) is 38.4 Å². The molecule has 1 aromatic carbocycles. The standard InChI is InChI=1S/C18H25N2O5P/c1-24-16-11-14-3-7-19-18(15(14)12-17(16)25-2)20-8-4-13(5-9-20)6-10-26(21,22)23/h3,7,11-13H,4-6,8-10H2,1-2H3,(H2,21,22,23). The number of anilines is 1. The second-order valence-electron chi connectivity index (χ2n) is 6.67. The second-order valence-corrected chi connectivity index (χ2v) is 8.45. The van der Waals surface area contributed by atoms with Crippen LogP contribution in [0.5, 0.6) is 11.5 Å². The second kappa shape index (κ2) is 7.82. The largest absolute Gasteiger partial charge is 0.493 e. The van der Waals surface area contributed by atoms with Gasteiger partial charge in [0.15, 0.2) is 11.5 Å². The molecule has 0 radical (unpaired) electrons. The van der Waals surface area contributed by atoms with E-state index in [4.69, 9.17) is 19.3 Å². The fourth-order valence-corrected chi connectivity index (χ4v) is 4.22. The van der Waals surface area contributed by atoms with Crippen LogP contribution in [0.4, 0.5) is 5.82 Å². The third kappa shape index (κ3) is 4.29. The Hall–Kier alpha value is -1.82. The molecule has 7 nitrogen and oxygen atoms in total. The molecule has 0 aliphatic carbocycles. The van der Waals surface area contributed by atoms with Crippen molar-refractivity contribution in [3.8, 4) is 11.5 Å². The predicted molar refractivity (Wildman–Crippen MR) is 101 cm³/mol. The van der Waals surface area contributed by atoms with Crippen molar-refractivity contribution in [3.63, 3.8) is 0 Å². The molecule has 3 rings (SSSR count). The number of rotatable bonds is 6. The van der Waals surface area contributed by atoms with Crippen LogP contribution in [0.25, 0.3) is 10.8 Å². The first-order valence-electron chi connectivity index (χ1n) is 8.71. The van der Waals surface area contributed by atoms with Crippen LogP contribution in [0.2, 0.25) is 0 Å². The highest BCUT2D eigenvalue weighted by molar-refractivity contribution is 7.51.